The zero-order valence-electron chi connectivity index (χ0n) is 16.8. The van der Waals surface area contributed by atoms with E-state index in [1.807, 2.05) is 35.2 Å². The summed E-state index contributed by atoms with van der Waals surface area (Å²) in [5.41, 5.74) is 1.35. The van der Waals surface area contributed by atoms with Gasteiger partial charge in [0.05, 0.1) is 27.9 Å². The number of ether oxygens (including phenoxy) is 4. The first-order valence-electron chi connectivity index (χ1n) is 9.12. The Kier molecular flexibility index (Phi) is 5.38. The molecule has 0 radical (unpaired) electrons. The summed E-state index contributed by atoms with van der Waals surface area (Å²) in [7, 11) is 4.87. The molecule has 8 heteroatoms. The van der Waals surface area contributed by atoms with Gasteiger partial charge in [-0.15, -0.1) is 0 Å². The van der Waals surface area contributed by atoms with Crippen LogP contribution in [0.1, 0.15) is 17.2 Å². The Morgan fingerprint density at radius 3 is 2.55 bits per heavy atom. The molecule has 0 amide bonds. The van der Waals surface area contributed by atoms with Gasteiger partial charge in [0.1, 0.15) is 23.8 Å². The van der Waals surface area contributed by atoms with Crippen molar-refractivity contribution in [3.63, 3.8) is 0 Å². The highest BCUT2D eigenvalue weighted by Crippen LogP contribution is 2.61. The smallest absolute Gasteiger partial charge is 0.185 e. The lowest BCUT2D eigenvalue weighted by Gasteiger charge is -2.17. The average Bonchev–Trinajstić information content (AvgIpc) is 3.33. The van der Waals surface area contributed by atoms with Crippen LogP contribution in [0.2, 0.25) is 0 Å². The molecule has 7 nitrogen and oxygen atoms in total. The van der Waals surface area contributed by atoms with Crippen molar-refractivity contribution >= 4 is 11.8 Å². The molecule has 2 aromatic carbocycles. The number of methoxy groups -OCH3 is 3. The van der Waals surface area contributed by atoms with Crippen LogP contribution in [0.3, 0.4) is 0 Å². The molecule has 0 aliphatic carbocycles. The van der Waals surface area contributed by atoms with Crippen molar-refractivity contribution in [2.45, 2.75) is 23.4 Å². The van der Waals surface area contributed by atoms with E-state index in [0.29, 0.717) is 23.8 Å². The third-order valence-electron chi connectivity index (χ3n) is 5.10. The van der Waals surface area contributed by atoms with Crippen LogP contribution < -0.4 is 14.2 Å². The van der Waals surface area contributed by atoms with Crippen LogP contribution in [-0.4, -0.2) is 42.3 Å². The van der Waals surface area contributed by atoms with E-state index >= 15 is 0 Å². The van der Waals surface area contributed by atoms with Crippen LogP contribution in [0.25, 0.3) is 0 Å². The lowest BCUT2D eigenvalue weighted by atomic mass is 9.91. The lowest BCUT2D eigenvalue weighted by molar-refractivity contribution is 0.255. The summed E-state index contributed by atoms with van der Waals surface area (Å²) in [4.78, 5) is 4.32. The minimum absolute atomic E-state index is 0.247. The first-order valence-corrected chi connectivity index (χ1v) is 10.3. The van der Waals surface area contributed by atoms with Crippen LogP contribution in [0.4, 0.5) is 0 Å². The molecule has 2 heterocycles. The standard InChI is InChI=1S/C21H23N3O4S/c1-25-15-10-16(18(27-3)17(11-15)26-2)19-21(28-19,14-8-6-5-7-9-14)12-24-20(29-4)22-13-23-24/h5-11,13,19H,12H2,1-4H3. The molecule has 1 fully saturated rings. The van der Waals surface area contributed by atoms with Gasteiger partial charge in [-0.2, -0.15) is 5.10 Å². The summed E-state index contributed by atoms with van der Waals surface area (Å²) in [6, 6.07) is 13.9. The monoisotopic (exact) mass is 413 g/mol. The predicted octanol–water partition coefficient (Wildman–Crippen LogP) is 3.69. The highest BCUT2D eigenvalue weighted by atomic mass is 32.2. The number of hydrogen-bond donors (Lipinski definition) is 0. The topological polar surface area (TPSA) is 70.9 Å². The van der Waals surface area contributed by atoms with E-state index in [2.05, 4.69) is 22.2 Å². The maximum absolute atomic E-state index is 6.40. The van der Waals surface area contributed by atoms with Crippen LogP contribution in [0.5, 0.6) is 17.2 Å². The van der Waals surface area contributed by atoms with E-state index in [0.717, 1.165) is 16.3 Å². The Morgan fingerprint density at radius 2 is 1.90 bits per heavy atom. The van der Waals surface area contributed by atoms with Crippen molar-refractivity contribution < 1.29 is 18.9 Å². The van der Waals surface area contributed by atoms with Gasteiger partial charge in [-0.3, -0.25) is 0 Å². The number of hydrogen-bond acceptors (Lipinski definition) is 7. The van der Waals surface area contributed by atoms with E-state index < -0.39 is 5.60 Å². The Hall–Kier alpha value is -2.71. The molecule has 152 valence electrons. The molecule has 1 aromatic heterocycles. The van der Waals surface area contributed by atoms with Crippen molar-refractivity contribution in [2.24, 2.45) is 0 Å². The average molecular weight is 413 g/mol. The van der Waals surface area contributed by atoms with Gasteiger partial charge in [0.25, 0.3) is 0 Å². The van der Waals surface area contributed by atoms with Gasteiger partial charge >= 0.3 is 0 Å². The number of rotatable bonds is 8. The summed E-state index contributed by atoms with van der Waals surface area (Å²) in [6.07, 6.45) is 3.30. The lowest BCUT2D eigenvalue weighted by Crippen LogP contribution is -2.20. The number of nitrogens with zero attached hydrogens (tertiary/aromatic N) is 3. The highest BCUT2D eigenvalue weighted by Gasteiger charge is 2.60. The van der Waals surface area contributed by atoms with Gasteiger partial charge in [0.15, 0.2) is 16.7 Å². The van der Waals surface area contributed by atoms with Gasteiger partial charge in [0, 0.05) is 11.6 Å². The predicted molar refractivity (Wildman–Crippen MR) is 110 cm³/mol. The maximum Gasteiger partial charge on any atom is 0.185 e. The Labute approximate surface area is 173 Å². The zero-order valence-corrected chi connectivity index (χ0v) is 17.6. The van der Waals surface area contributed by atoms with E-state index in [4.69, 9.17) is 18.9 Å². The summed E-state index contributed by atoms with van der Waals surface area (Å²) >= 11 is 1.55. The number of epoxide rings is 1. The molecule has 4 rings (SSSR count). The summed E-state index contributed by atoms with van der Waals surface area (Å²) in [6.45, 7) is 0.528. The summed E-state index contributed by atoms with van der Waals surface area (Å²) < 4.78 is 24.9. The first kappa shape index (κ1) is 19.6. The third-order valence-corrected chi connectivity index (χ3v) is 5.78. The molecule has 0 spiro atoms. The summed E-state index contributed by atoms with van der Waals surface area (Å²) in [5.74, 6) is 1.92. The van der Waals surface area contributed by atoms with Crippen molar-refractivity contribution in [1.82, 2.24) is 14.8 Å². The minimum Gasteiger partial charge on any atom is -0.497 e. The van der Waals surface area contributed by atoms with E-state index in [-0.39, 0.29) is 6.10 Å². The molecule has 0 bridgehead atoms. The highest BCUT2D eigenvalue weighted by molar-refractivity contribution is 7.98. The molecule has 2 atom stereocenters. The molecule has 0 saturated carbocycles. The van der Waals surface area contributed by atoms with Gasteiger partial charge in [0.2, 0.25) is 0 Å². The molecule has 29 heavy (non-hydrogen) atoms. The molecular formula is C21H23N3O4S. The Bertz CT molecular complexity index is 995. The van der Waals surface area contributed by atoms with Crippen LogP contribution >= 0.6 is 11.8 Å². The van der Waals surface area contributed by atoms with E-state index in [1.165, 1.54) is 0 Å². The van der Waals surface area contributed by atoms with Crippen molar-refractivity contribution in [2.75, 3.05) is 27.6 Å². The second kappa shape index (κ2) is 7.96. The number of benzene rings is 2. The number of aromatic nitrogens is 3. The first-order chi connectivity index (χ1) is 14.2. The molecule has 1 aliphatic rings. The van der Waals surface area contributed by atoms with Crippen LogP contribution in [0, 0.1) is 0 Å². The van der Waals surface area contributed by atoms with Crippen LogP contribution in [0.15, 0.2) is 53.9 Å². The SMILES string of the molecule is COc1cc(OC)c(OC)c(C2OC2(Cn2ncnc2SC)c2ccccc2)c1. The summed E-state index contributed by atoms with van der Waals surface area (Å²) in [5, 5.41) is 5.24. The van der Waals surface area contributed by atoms with Crippen LogP contribution in [-0.2, 0) is 16.9 Å². The number of thioether (sulfide) groups is 1. The molecule has 0 N–H and O–H groups in total. The largest absolute Gasteiger partial charge is 0.497 e. The third kappa shape index (κ3) is 3.42. The molecule has 3 aromatic rings. The fourth-order valence-corrected chi connectivity index (χ4v) is 4.14. The quantitative estimate of drug-likeness (QED) is 0.412. The second-order valence-electron chi connectivity index (χ2n) is 6.61. The van der Waals surface area contributed by atoms with Gasteiger partial charge in [-0.25, -0.2) is 9.67 Å². The normalized spacial score (nSPS) is 20.3. The minimum atomic E-state index is -0.593. The molecular weight excluding hydrogens is 390 g/mol. The Morgan fingerprint density at radius 1 is 1.10 bits per heavy atom. The van der Waals surface area contributed by atoms with Crippen molar-refractivity contribution in [3.05, 3.63) is 59.9 Å². The zero-order chi connectivity index (χ0) is 20.4. The van der Waals surface area contributed by atoms with Gasteiger partial charge < -0.3 is 18.9 Å². The fourth-order valence-electron chi connectivity index (χ4n) is 3.66. The molecule has 2 unspecified atom stereocenters. The molecule has 1 saturated heterocycles. The Balaban J connectivity index is 1.81. The fraction of sp³-hybridized carbons (Fsp3) is 0.333. The van der Waals surface area contributed by atoms with Gasteiger partial charge in [-0.05, 0) is 17.9 Å². The van der Waals surface area contributed by atoms with Gasteiger partial charge in [-0.1, -0.05) is 42.1 Å². The maximum atomic E-state index is 6.40. The van der Waals surface area contributed by atoms with E-state index in [1.54, 1.807) is 45.5 Å². The van der Waals surface area contributed by atoms with Crippen molar-refractivity contribution in [1.29, 1.82) is 0 Å². The van der Waals surface area contributed by atoms with E-state index in [9.17, 15) is 0 Å². The van der Waals surface area contributed by atoms with Crippen molar-refractivity contribution in [3.8, 4) is 17.2 Å². The molecule has 1 aliphatic heterocycles. The second-order valence-corrected chi connectivity index (χ2v) is 7.38.